The second kappa shape index (κ2) is 6.86. The molecule has 0 radical (unpaired) electrons. The van der Waals surface area contributed by atoms with Crippen LogP contribution in [-0.4, -0.2) is 29.9 Å². The van der Waals surface area contributed by atoms with Crippen LogP contribution in [0.5, 0.6) is 0 Å². The predicted octanol–water partition coefficient (Wildman–Crippen LogP) is 0.487. The Balaban J connectivity index is 3.89. The zero-order chi connectivity index (χ0) is 10.3. The molecule has 3 N–H and O–H groups in total. The summed E-state index contributed by atoms with van der Waals surface area (Å²) >= 11 is 0. The van der Waals surface area contributed by atoms with Gasteiger partial charge in [-0.05, 0) is 26.4 Å². The summed E-state index contributed by atoms with van der Waals surface area (Å²) in [6.07, 6.45) is 1.59. The molecule has 0 rings (SSSR count). The van der Waals surface area contributed by atoms with Crippen molar-refractivity contribution in [2.45, 2.75) is 39.7 Å². The van der Waals surface area contributed by atoms with Crippen LogP contribution < -0.4 is 11.3 Å². The van der Waals surface area contributed by atoms with Gasteiger partial charge in [0, 0.05) is 12.5 Å². The summed E-state index contributed by atoms with van der Waals surface area (Å²) < 4.78 is 0. The average molecular weight is 187 g/mol. The Kier molecular flexibility index (Phi) is 6.54. The van der Waals surface area contributed by atoms with Crippen LogP contribution in [0.1, 0.15) is 33.6 Å². The van der Waals surface area contributed by atoms with Gasteiger partial charge in [0.05, 0.1) is 0 Å². The minimum absolute atomic E-state index is 0.0953. The first-order valence-electron chi connectivity index (χ1n) is 4.89. The van der Waals surface area contributed by atoms with Gasteiger partial charge < -0.3 is 4.90 Å². The molecule has 0 aliphatic rings. The smallest absolute Gasteiger partial charge is 0.235 e. The Morgan fingerprint density at radius 2 is 2.15 bits per heavy atom. The van der Waals surface area contributed by atoms with Crippen molar-refractivity contribution in [2.75, 3.05) is 13.1 Å². The number of hydrazine groups is 1. The number of hydrogen-bond acceptors (Lipinski definition) is 3. The summed E-state index contributed by atoms with van der Waals surface area (Å²) in [4.78, 5) is 13.3. The molecule has 0 bridgehead atoms. The molecule has 0 aromatic heterocycles. The third-order valence-corrected chi connectivity index (χ3v) is 2.18. The molecule has 4 nitrogen and oxygen atoms in total. The van der Waals surface area contributed by atoms with Crippen molar-refractivity contribution >= 4 is 5.91 Å². The van der Waals surface area contributed by atoms with Crippen molar-refractivity contribution < 1.29 is 4.79 Å². The predicted molar refractivity (Wildman–Crippen MR) is 53.9 cm³/mol. The Bertz CT molecular complexity index is 150. The SMILES string of the molecule is CCCN(CC)C(C)CC(=O)NN. The highest BCUT2D eigenvalue weighted by molar-refractivity contribution is 5.75. The summed E-state index contributed by atoms with van der Waals surface area (Å²) in [5.74, 6) is 4.92. The van der Waals surface area contributed by atoms with Gasteiger partial charge in [0.2, 0.25) is 5.91 Å². The van der Waals surface area contributed by atoms with E-state index < -0.39 is 0 Å². The summed E-state index contributed by atoms with van der Waals surface area (Å²) in [6, 6.07) is 0.272. The molecule has 0 aliphatic heterocycles. The zero-order valence-corrected chi connectivity index (χ0v) is 8.84. The van der Waals surface area contributed by atoms with Gasteiger partial charge in [-0.3, -0.25) is 10.2 Å². The molecular weight excluding hydrogens is 166 g/mol. The van der Waals surface area contributed by atoms with Crippen LogP contribution in [0.3, 0.4) is 0 Å². The van der Waals surface area contributed by atoms with E-state index in [1.54, 1.807) is 0 Å². The molecule has 1 amide bonds. The Labute approximate surface area is 80.4 Å². The molecule has 0 saturated carbocycles. The molecule has 0 saturated heterocycles. The zero-order valence-electron chi connectivity index (χ0n) is 8.84. The van der Waals surface area contributed by atoms with E-state index in [0.717, 1.165) is 19.5 Å². The third-order valence-electron chi connectivity index (χ3n) is 2.18. The second-order valence-corrected chi connectivity index (χ2v) is 3.25. The molecule has 1 unspecified atom stereocenters. The Hall–Kier alpha value is -0.610. The highest BCUT2D eigenvalue weighted by Crippen LogP contribution is 2.03. The largest absolute Gasteiger partial charge is 0.300 e. The summed E-state index contributed by atoms with van der Waals surface area (Å²) in [5.41, 5.74) is 2.15. The van der Waals surface area contributed by atoms with E-state index >= 15 is 0 Å². The van der Waals surface area contributed by atoms with E-state index in [0.29, 0.717) is 6.42 Å². The number of carbonyl (C=O) groups excluding carboxylic acids is 1. The lowest BCUT2D eigenvalue weighted by molar-refractivity contribution is -0.122. The highest BCUT2D eigenvalue weighted by Gasteiger charge is 2.13. The molecule has 4 heteroatoms. The molecule has 0 aliphatic carbocycles. The number of nitrogens with two attached hydrogens (primary N) is 1. The summed E-state index contributed by atoms with van der Waals surface area (Å²) in [6.45, 7) is 8.31. The van der Waals surface area contributed by atoms with E-state index in [1.807, 2.05) is 0 Å². The van der Waals surface area contributed by atoms with Crippen LogP contribution in [0.15, 0.2) is 0 Å². The maximum Gasteiger partial charge on any atom is 0.235 e. The fourth-order valence-electron chi connectivity index (χ4n) is 1.43. The maximum atomic E-state index is 11.0. The van der Waals surface area contributed by atoms with Crippen molar-refractivity contribution in [2.24, 2.45) is 5.84 Å². The quantitative estimate of drug-likeness (QED) is 0.361. The van der Waals surface area contributed by atoms with Gasteiger partial charge >= 0.3 is 0 Å². The molecular formula is C9H21N3O. The Morgan fingerprint density at radius 1 is 1.54 bits per heavy atom. The van der Waals surface area contributed by atoms with E-state index in [4.69, 9.17) is 5.84 Å². The average Bonchev–Trinajstić information content (AvgIpc) is 2.13. The minimum Gasteiger partial charge on any atom is -0.300 e. The number of hydrogen-bond donors (Lipinski definition) is 2. The van der Waals surface area contributed by atoms with Gasteiger partial charge in [0.1, 0.15) is 0 Å². The lowest BCUT2D eigenvalue weighted by atomic mass is 10.2. The highest BCUT2D eigenvalue weighted by atomic mass is 16.2. The van der Waals surface area contributed by atoms with Gasteiger partial charge in [-0.25, -0.2) is 5.84 Å². The molecule has 0 aromatic carbocycles. The second-order valence-electron chi connectivity index (χ2n) is 3.25. The van der Waals surface area contributed by atoms with Crippen LogP contribution in [0.25, 0.3) is 0 Å². The van der Waals surface area contributed by atoms with Crippen LogP contribution in [-0.2, 0) is 4.79 Å². The van der Waals surface area contributed by atoms with Gasteiger partial charge in [0.25, 0.3) is 0 Å². The fourth-order valence-corrected chi connectivity index (χ4v) is 1.43. The van der Waals surface area contributed by atoms with Gasteiger partial charge in [0.15, 0.2) is 0 Å². The van der Waals surface area contributed by atoms with Crippen LogP contribution >= 0.6 is 0 Å². The first kappa shape index (κ1) is 12.4. The van der Waals surface area contributed by atoms with Crippen molar-refractivity contribution in [1.82, 2.24) is 10.3 Å². The monoisotopic (exact) mass is 187 g/mol. The van der Waals surface area contributed by atoms with Crippen LogP contribution in [0.4, 0.5) is 0 Å². The number of nitrogens with zero attached hydrogens (tertiary/aromatic N) is 1. The molecule has 0 aromatic rings. The standard InChI is InChI=1S/C9H21N3O/c1-4-6-12(5-2)8(3)7-9(13)11-10/h8H,4-7,10H2,1-3H3,(H,11,13). The molecule has 78 valence electrons. The minimum atomic E-state index is -0.0953. The third kappa shape index (κ3) is 4.85. The molecule has 0 fully saturated rings. The van der Waals surface area contributed by atoms with E-state index in [9.17, 15) is 4.79 Å². The number of nitrogens with one attached hydrogen (secondary N) is 1. The van der Waals surface area contributed by atoms with Gasteiger partial charge in [-0.1, -0.05) is 13.8 Å². The normalized spacial score (nSPS) is 13.0. The molecule has 13 heavy (non-hydrogen) atoms. The first-order chi connectivity index (χ1) is 6.15. The number of rotatable bonds is 6. The topological polar surface area (TPSA) is 58.4 Å². The maximum absolute atomic E-state index is 11.0. The van der Waals surface area contributed by atoms with Crippen LogP contribution in [0.2, 0.25) is 0 Å². The lowest BCUT2D eigenvalue weighted by Crippen LogP contribution is -2.39. The van der Waals surface area contributed by atoms with E-state index in [1.165, 1.54) is 0 Å². The van der Waals surface area contributed by atoms with Gasteiger partial charge in [-0.2, -0.15) is 0 Å². The Morgan fingerprint density at radius 3 is 2.54 bits per heavy atom. The molecule has 0 heterocycles. The van der Waals surface area contributed by atoms with Crippen molar-refractivity contribution in [3.8, 4) is 0 Å². The summed E-state index contributed by atoms with van der Waals surface area (Å²) in [7, 11) is 0. The van der Waals surface area contributed by atoms with Crippen LogP contribution in [0, 0.1) is 0 Å². The molecule has 0 spiro atoms. The number of carbonyl (C=O) groups is 1. The number of amides is 1. The van der Waals surface area contributed by atoms with Crippen molar-refractivity contribution in [1.29, 1.82) is 0 Å². The lowest BCUT2D eigenvalue weighted by Gasteiger charge is -2.26. The van der Waals surface area contributed by atoms with E-state index in [-0.39, 0.29) is 11.9 Å². The van der Waals surface area contributed by atoms with Crippen molar-refractivity contribution in [3.63, 3.8) is 0 Å². The van der Waals surface area contributed by atoms with Gasteiger partial charge in [-0.15, -0.1) is 0 Å². The molecule has 1 atom stereocenters. The first-order valence-corrected chi connectivity index (χ1v) is 4.89. The fraction of sp³-hybridized carbons (Fsp3) is 0.889. The summed E-state index contributed by atoms with van der Waals surface area (Å²) in [5, 5.41) is 0. The van der Waals surface area contributed by atoms with Crippen molar-refractivity contribution in [3.05, 3.63) is 0 Å². The van der Waals surface area contributed by atoms with E-state index in [2.05, 4.69) is 31.1 Å².